The number of aliphatic hydroxyl groups excluding tert-OH is 1. The molecular formula is C19H31N3O. The summed E-state index contributed by atoms with van der Waals surface area (Å²) < 4.78 is 0. The number of piperidine rings is 1. The van der Waals surface area contributed by atoms with Gasteiger partial charge in [-0.25, -0.2) is 0 Å². The fourth-order valence-electron chi connectivity index (χ4n) is 3.02. The second-order valence-electron chi connectivity index (χ2n) is 6.60. The lowest BCUT2D eigenvalue weighted by Crippen LogP contribution is -2.46. The van der Waals surface area contributed by atoms with Gasteiger partial charge in [0, 0.05) is 32.8 Å². The van der Waals surface area contributed by atoms with E-state index in [0.29, 0.717) is 6.54 Å². The highest BCUT2D eigenvalue weighted by Gasteiger charge is 2.21. The number of nitrogens with one attached hydrogen (secondary N) is 1. The van der Waals surface area contributed by atoms with Gasteiger partial charge >= 0.3 is 0 Å². The fraction of sp³-hybridized carbons (Fsp3) is 0.632. The fourth-order valence-corrected chi connectivity index (χ4v) is 3.02. The molecule has 1 aliphatic heterocycles. The Morgan fingerprint density at radius 2 is 2.00 bits per heavy atom. The molecule has 128 valence electrons. The molecule has 0 saturated carbocycles. The van der Waals surface area contributed by atoms with Crippen LogP contribution in [-0.2, 0) is 6.42 Å². The Morgan fingerprint density at radius 3 is 2.61 bits per heavy atom. The summed E-state index contributed by atoms with van der Waals surface area (Å²) in [5, 5.41) is 12.6. The first-order chi connectivity index (χ1) is 11.2. The average Bonchev–Trinajstić information content (AvgIpc) is 2.60. The number of hydrogen-bond donors (Lipinski definition) is 2. The van der Waals surface area contributed by atoms with Crippen molar-refractivity contribution in [3.63, 3.8) is 0 Å². The van der Waals surface area contributed by atoms with E-state index in [4.69, 9.17) is 5.11 Å². The Labute approximate surface area is 140 Å². The molecule has 0 aliphatic carbocycles. The van der Waals surface area contributed by atoms with Crippen molar-refractivity contribution in [3.8, 4) is 0 Å². The third-order valence-electron chi connectivity index (χ3n) is 4.48. The lowest BCUT2D eigenvalue weighted by atomic mass is 9.90. The van der Waals surface area contributed by atoms with Crippen molar-refractivity contribution in [2.45, 2.75) is 33.1 Å². The third-order valence-corrected chi connectivity index (χ3v) is 4.48. The number of nitrogens with zero attached hydrogens (tertiary/aromatic N) is 2. The quantitative estimate of drug-likeness (QED) is 0.626. The highest BCUT2D eigenvalue weighted by molar-refractivity contribution is 5.80. The molecule has 1 heterocycles. The lowest BCUT2D eigenvalue weighted by Gasteiger charge is -2.34. The molecule has 1 atom stereocenters. The van der Waals surface area contributed by atoms with Crippen LogP contribution in [0, 0.1) is 11.8 Å². The van der Waals surface area contributed by atoms with Crippen LogP contribution in [0.5, 0.6) is 0 Å². The second kappa shape index (κ2) is 9.56. The number of aliphatic imine (C=N–C) groups is 1. The number of guanidine groups is 1. The number of hydrogen-bond acceptors (Lipinski definition) is 2. The Hall–Kier alpha value is -1.55. The molecule has 2 rings (SSSR count). The van der Waals surface area contributed by atoms with Crippen molar-refractivity contribution in [1.82, 2.24) is 10.2 Å². The number of benzene rings is 1. The highest BCUT2D eigenvalue weighted by Crippen LogP contribution is 2.21. The third kappa shape index (κ3) is 5.87. The molecule has 1 aromatic carbocycles. The van der Waals surface area contributed by atoms with Gasteiger partial charge in [-0.2, -0.15) is 0 Å². The number of rotatable bonds is 6. The van der Waals surface area contributed by atoms with Gasteiger partial charge in [0.2, 0.25) is 0 Å². The summed E-state index contributed by atoms with van der Waals surface area (Å²) in [7, 11) is 0. The SMILES string of the molecule is CCNC(=NCC(C)CO)N1CCC(Cc2ccccc2)CC1. The van der Waals surface area contributed by atoms with E-state index in [0.717, 1.165) is 31.5 Å². The Balaban J connectivity index is 1.85. The Bertz CT molecular complexity index is 467. The zero-order valence-electron chi connectivity index (χ0n) is 14.5. The molecule has 4 heteroatoms. The summed E-state index contributed by atoms with van der Waals surface area (Å²) in [5.41, 5.74) is 1.45. The topological polar surface area (TPSA) is 47.9 Å². The van der Waals surface area contributed by atoms with Crippen LogP contribution >= 0.6 is 0 Å². The largest absolute Gasteiger partial charge is 0.396 e. The molecule has 0 bridgehead atoms. The zero-order chi connectivity index (χ0) is 16.5. The molecular weight excluding hydrogens is 286 g/mol. The summed E-state index contributed by atoms with van der Waals surface area (Å²) in [6, 6.07) is 10.8. The van der Waals surface area contributed by atoms with Gasteiger partial charge in [-0.15, -0.1) is 0 Å². The van der Waals surface area contributed by atoms with Crippen molar-refractivity contribution in [2.24, 2.45) is 16.8 Å². The predicted molar refractivity (Wildman–Crippen MR) is 96.7 cm³/mol. The van der Waals surface area contributed by atoms with E-state index in [1.807, 2.05) is 6.92 Å². The molecule has 4 nitrogen and oxygen atoms in total. The van der Waals surface area contributed by atoms with Gasteiger partial charge in [0.15, 0.2) is 5.96 Å². The summed E-state index contributed by atoms with van der Waals surface area (Å²) in [6.07, 6.45) is 3.62. The van der Waals surface area contributed by atoms with Crippen LogP contribution in [0.15, 0.2) is 35.3 Å². The molecule has 2 N–H and O–H groups in total. The van der Waals surface area contributed by atoms with Crippen molar-refractivity contribution in [2.75, 3.05) is 32.8 Å². The van der Waals surface area contributed by atoms with Gasteiger partial charge in [0.1, 0.15) is 0 Å². The van der Waals surface area contributed by atoms with Crippen LogP contribution in [0.3, 0.4) is 0 Å². The van der Waals surface area contributed by atoms with Gasteiger partial charge in [0.25, 0.3) is 0 Å². The monoisotopic (exact) mass is 317 g/mol. The maximum absolute atomic E-state index is 9.16. The van der Waals surface area contributed by atoms with E-state index >= 15 is 0 Å². The minimum Gasteiger partial charge on any atom is -0.396 e. The molecule has 0 radical (unpaired) electrons. The maximum atomic E-state index is 9.16. The normalized spacial score (nSPS) is 18.0. The number of likely N-dealkylation sites (tertiary alicyclic amines) is 1. The van der Waals surface area contributed by atoms with Crippen LogP contribution in [0.25, 0.3) is 0 Å². The summed E-state index contributed by atoms with van der Waals surface area (Å²) in [6.45, 7) is 8.03. The predicted octanol–water partition coefficient (Wildman–Crippen LogP) is 2.54. The minimum absolute atomic E-state index is 0.196. The first-order valence-electron chi connectivity index (χ1n) is 8.91. The maximum Gasteiger partial charge on any atom is 0.193 e. The molecule has 23 heavy (non-hydrogen) atoms. The second-order valence-corrected chi connectivity index (χ2v) is 6.60. The molecule has 1 fully saturated rings. The van der Waals surface area contributed by atoms with Crippen LogP contribution in [0.4, 0.5) is 0 Å². The standard InChI is InChI=1S/C19H31N3O/c1-3-20-19(21-14-16(2)15-23)22-11-9-18(10-12-22)13-17-7-5-4-6-8-17/h4-8,16,18,23H,3,9-15H2,1-2H3,(H,20,21). The molecule has 1 aromatic rings. The van der Waals surface area contributed by atoms with Gasteiger partial charge in [-0.1, -0.05) is 37.3 Å². The molecule has 1 aliphatic rings. The van der Waals surface area contributed by atoms with E-state index in [2.05, 4.69) is 52.5 Å². The molecule has 0 spiro atoms. The first kappa shape index (κ1) is 17.8. The van der Waals surface area contributed by atoms with Gasteiger partial charge in [0.05, 0.1) is 0 Å². The van der Waals surface area contributed by atoms with Crippen LogP contribution < -0.4 is 5.32 Å². The van der Waals surface area contributed by atoms with Crippen molar-refractivity contribution >= 4 is 5.96 Å². The molecule has 0 amide bonds. The van der Waals surface area contributed by atoms with Gasteiger partial charge in [-0.3, -0.25) is 4.99 Å². The van der Waals surface area contributed by atoms with E-state index in [9.17, 15) is 0 Å². The van der Waals surface area contributed by atoms with E-state index in [-0.39, 0.29) is 12.5 Å². The molecule has 1 unspecified atom stereocenters. The lowest BCUT2D eigenvalue weighted by molar-refractivity contribution is 0.239. The van der Waals surface area contributed by atoms with Crippen molar-refractivity contribution in [3.05, 3.63) is 35.9 Å². The number of aliphatic hydroxyl groups is 1. The van der Waals surface area contributed by atoms with E-state index < -0.39 is 0 Å². The average molecular weight is 317 g/mol. The summed E-state index contributed by atoms with van der Waals surface area (Å²) in [5.74, 6) is 2.00. The highest BCUT2D eigenvalue weighted by atomic mass is 16.3. The van der Waals surface area contributed by atoms with Gasteiger partial charge < -0.3 is 15.3 Å². The summed E-state index contributed by atoms with van der Waals surface area (Å²) >= 11 is 0. The van der Waals surface area contributed by atoms with Crippen LogP contribution in [0.1, 0.15) is 32.3 Å². The Morgan fingerprint density at radius 1 is 1.30 bits per heavy atom. The van der Waals surface area contributed by atoms with Crippen LogP contribution in [0.2, 0.25) is 0 Å². The summed E-state index contributed by atoms with van der Waals surface area (Å²) in [4.78, 5) is 7.06. The minimum atomic E-state index is 0.196. The van der Waals surface area contributed by atoms with E-state index in [1.165, 1.54) is 24.8 Å². The van der Waals surface area contributed by atoms with Crippen molar-refractivity contribution < 1.29 is 5.11 Å². The molecule has 0 aromatic heterocycles. The van der Waals surface area contributed by atoms with E-state index in [1.54, 1.807) is 0 Å². The first-order valence-corrected chi connectivity index (χ1v) is 8.91. The Kier molecular flexibility index (Phi) is 7.40. The van der Waals surface area contributed by atoms with Gasteiger partial charge in [-0.05, 0) is 43.6 Å². The zero-order valence-corrected chi connectivity index (χ0v) is 14.5. The molecule has 1 saturated heterocycles. The van der Waals surface area contributed by atoms with Crippen molar-refractivity contribution in [1.29, 1.82) is 0 Å². The smallest absolute Gasteiger partial charge is 0.193 e. The van der Waals surface area contributed by atoms with Crippen LogP contribution in [-0.4, -0.2) is 48.8 Å².